The second kappa shape index (κ2) is 4.02. The highest BCUT2D eigenvalue weighted by molar-refractivity contribution is 6.17. The molecule has 1 heterocycles. The van der Waals surface area contributed by atoms with E-state index in [0.717, 1.165) is 24.3 Å². The van der Waals surface area contributed by atoms with Crippen molar-refractivity contribution in [2.24, 2.45) is 11.3 Å². The molecule has 2 rings (SSSR count). The molecule has 0 spiro atoms. The highest BCUT2D eigenvalue weighted by Crippen LogP contribution is 2.48. The largest absolute Gasteiger partial charge is 0.300 e. The lowest BCUT2D eigenvalue weighted by atomic mass is 9.80. The summed E-state index contributed by atoms with van der Waals surface area (Å²) < 4.78 is 0. The topological polar surface area (TPSA) is 3.24 Å². The minimum atomic E-state index is 0.549. The molecule has 0 aromatic carbocycles. The molecule has 1 aliphatic heterocycles. The van der Waals surface area contributed by atoms with Gasteiger partial charge in [0.25, 0.3) is 0 Å². The Balaban J connectivity index is 2.00. The third-order valence-corrected chi connectivity index (χ3v) is 4.41. The van der Waals surface area contributed by atoms with Crippen molar-refractivity contribution in [3.05, 3.63) is 0 Å². The summed E-state index contributed by atoms with van der Waals surface area (Å²) in [6, 6.07) is 0.883. The zero-order valence-corrected chi connectivity index (χ0v) is 10.2. The quantitative estimate of drug-likeness (QED) is 0.654. The predicted octanol–water partition coefficient (Wildman–Crippen LogP) is 3.13. The highest BCUT2D eigenvalue weighted by Gasteiger charge is 2.48. The van der Waals surface area contributed by atoms with Gasteiger partial charge in [-0.2, -0.15) is 0 Å². The Labute approximate surface area is 92.8 Å². The van der Waals surface area contributed by atoms with E-state index in [1.165, 1.54) is 32.4 Å². The molecule has 1 aliphatic carbocycles. The fraction of sp³-hybridized carbons (Fsp3) is 1.00. The van der Waals surface area contributed by atoms with Crippen LogP contribution < -0.4 is 0 Å². The molecule has 0 bridgehead atoms. The van der Waals surface area contributed by atoms with Crippen molar-refractivity contribution < 1.29 is 0 Å². The van der Waals surface area contributed by atoms with Crippen LogP contribution in [0.3, 0.4) is 0 Å². The van der Waals surface area contributed by atoms with Gasteiger partial charge in [-0.25, -0.2) is 0 Å². The molecular weight excluding hydrogens is 194 g/mol. The Bertz CT molecular complexity index is 202. The number of halogens is 1. The fourth-order valence-corrected chi connectivity index (χ4v) is 3.67. The van der Waals surface area contributed by atoms with Gasteiger partial charge in [-0.05, 0) is 37.1 Å². The van der Waals surface area contributed by atoms with E-state index in [1.54, 1.807) is 0 Å². The summed E-state index contributed by atoms with van der Waals surface area (Å²) in [5, 5.41) is 0. The Morgan fingerprint density at radius 3 is 2.86 bits per heavy atom. The average Bonchev–Trinajstić information content (AvgIpc) is 2.67. The summed E-state index contributed by atoms with van der Waals surface area (Å²) in [4.78, 5) is 2.69. The SMILES string of the molecule is CC1(C)CN(CCCCl)C2CCCC21. The lowest BCUT2D eigenvalue weighted by Crippen LogP contribution is -2.31. The van der Waals surface area contributed by atoms with Crippen LogP contribution in [0.15, 0.2) is 0 Å². The van der Waals surface area contributed by atoms with Gasteiger partial charge in [0.05, 0.1) is 0 Å². The van der Waals surface area contributed by atoms with Crippen LogP contribution >= 0.6 is 11.6 Å². The molecule has 1 saturated heterocycles. The van der Waals surface area contributed by atoms with Gasteiger partial charge in [0.1, 0.15) is 0 Å². The summed E-state index contributed by atoms with van der Waals surface area (Å²) >= 11 is 5.77. The van der Waals surface area contributed by atoms with Gasteiger partial charge in [0.2, 0.25) is 0 Å². The summed E-state index contributed by atoms with van der Waals surface area (Å²) in [6.45, 7) is 7.39. The van der Waals surface area contributed by atoms with E-state index in [0.29, 0.717) is 5.41 Å². The second-order valence-corrected chi connectivity index (χ2v) is 5.98. The molecule has 14 heavy (non-hydrogen) atoms. The number of fused-ring (bicyclic) bond motifs is 1. The number of alkyl halides is 1. The van der Waals surface area contributed by atoms with Gasteiger partial charge < -0.3 is 0 Å². The molecule has 0 N–H and O–H groups in total. The molecule has 82 valence electrons. The first kappa shape index (κ1) is 10.8. The van der Waals surface area contributed by atoms with Crippen molar-refractivity contribution in [3.8, 4) is 0 Å². The van der Waals surface area contributed by atoms with E-state index < -0.39 is 0 Å². The normalized spacial score (nSPS) is 36.2. The van der Waals surface area contributed by atoms with Gasteiger partial charge in [-0.1, -0.05) is 20.3 Å². The van der Waals surface area contributed by atoms with Crippen LogP contribution in [-0.2, 0) is 0 Å². The minimum absolute atomic E-state index is 0.549. The zero-order chi connectivity index (χ0) is 10.2. The molecule has 1 nitrogen and oxygen atoms in total. The first-order valence-corrected chi connectivity index (χ1v) is 6.48. The minimum Gasteiger partial charge on any atom is -0.300 e. The number of hydrogen-bond acceptors (Lipinski definition) is 1. The number of nitrogens with zero attached hydrogens (tertiary/aromatic N) is 1. The predicted molar refractivity (Wildman–Crippen MR) is 61.8 cm³/mol. The monoisotopic (exact) mass is 215 g/mol. The van der Waals surface area contributed by atoms with E-state index in [-0.39, 0.29) is 0 Å². The van der Waals surface area contributed by atoms with Crippen molar-refractivity contribution in [2.45, 2.75) is 45.6 Å². The second-order valence-electron chi connectivity index (χ2n) is 5.61. The molecule has 0 aromatic heterocycles. The van der Waals surface area contributed by atoms with Crippen LogP contribution in [0.4, 0.5) is 0 Å². The third-order valence-electron chi connectivity index (χ3n) is 4.14. The van der Waals surface area contributed by atoms with Crippen LogP contribution in [0.5, 0.6) is 0 Å². The zero-order valence-electron chi connectivity index (χ0n) is 9.43. The Hall–Kier alpha value is 0.250. The van der Waals surface area contributed by atoms with E-state index in [1.807, 2.05) is 0 Å². The lowest BCUT2D eigenvalue weighted by Gasteiger charge is -2.24. The van der Waals surface area contributed by atoms with Crippen molar-refractivity contribution in [1.82, 2.24) is 4.90 Å². The standard InChI is InChI=1S/C12H22ClN/c1-12(2)9-14(8-4-7-13)11-6-3-5-10(11)12/h10-11H,3-9H2,1-2H3. The molecule has 2 aliphatic rings. The Morgan fingerprint density at radius 2 is 2.14 bits per heavy atom. The smallest absolute Gasteiger partial charge is 0.0235 e. The summed E-state index contributed by atoms with van der Waals surface area (Å²) in [5.41, 5.74) is 0.549. The average molecular weight is 216 g/mol. The maximum atomic E-state index is 5.77. The van der Waals surface area contributed by atoms with Crippen LogP contribution in [0.1, 0.15) is 39.5 Å². The van der Waals surface area contributed by atoms with Gasteiger partial charge in [-0.15, -0.1) is 11.6 Å². The van der Waals surface area contributed by atoms with Crippen LogP contribution in [0.25, 0.3) is 0 Å². The fourth-order valence-electron chi connectivity index (χ4n) is 3.55. The van der Waals surface area contributed by atoms with Gasteiger partial charge in [-0.3, -0.25) is 4.90 Å². The molecule has 0 aromatic rings. The summed E-state index contributed by atoms with van der Waals surface area (Å²) in [7, 11) is 0. The Morgan fingerprint density at radius 1 is 1.36 bits per heavy atom. The van der Waals surface area contributed by atoms with Crippen molar-refractivity contribution >= 4 is 11.6 Å². The van der Waals surface area contributed by atoms with E-state index in [9.17, 15) is 0 Å². The maximum absolute atomic E-state index is 5.77. The number of likely N-dealkylation sites (tertiary alicyclic amines) is 1. The summed E-state index contributed by atoms with van der Waals surface area (Å²) in [6.07, 6.45) is 5.47. The molecular formula is C12H22ClN. The number of rotatable bonds is 3. The van der Waals surface area contributed by atoms with E-state index in [4.69, 9.17) is 11.6 Å². The van der Waals surface area contributed by atoms with Crippen LogP contribution in [0, 0.1) is 11.3 Å². The first-order chi connectivity index (χ1) is 6.65. The van der Waals surface area contributed by atoms with Gasteiger partial charge >= 0.3 is 0 Å². The van der Waals surface area contributed by atoms with Gasteiger partial charge in [0, 0.05) is 18.5 Å². The van der Waals surface area contributed by atoms with Gasteiger partial charge in [0.15, 0.2) is 0 Å². The highest BCUT2D eigenvalue weighted by atomic mass is 35.5. The molecule has 0 amide bonds. The molecule has 2 atom stereocenters. The third kappa shape index (κ3) is 1.81. The van der Waals surface area contributed by atoms with E-state index in [2.05, 4.69) is 18.7 Å². The number of hydrogen-bond donors (Lipinski definition) is 0. The first-order valence-electron chi connectivity index (χ1n) is 5.95. The molecule has 1 saturated carbocycles. The molecule has 2 heteroatoms. The van der Waals surface area contributed by atoms with Crippen LogP contribution in [0.2, 0.25) is 0 Å². The maximum Gasteiger partial charge on any atom is 0.0235 e. The Kier molecular flexibility index (Phi) is 3.09. The molecule has 0 radical (unpaired) electrons. The van der Waals surface area contributed by atoms with Crippen molar-refractivity contribution in [3.63, 3.8) is 0 Å². The van der Waals surface area contributed by atoms with Crippen molar-refractivity contribution in [1.29, 1.82) is 0 Å². The van der Waals surface area contributed by atoms with Crippen LogP contribution in [-0.4, -0.2) is 29.9 Å². The molecule has 2 fully saturated rings. The van der Waals surface area contributed by atoms with E-state index >= 15 is 0 Å². The molecule has 2 unspecified atom stereocenters. The van der Waals surface area contributed by atoms with Crippen molar-refractivity contribution in [2.75, 3.05) is 19.0 Å². The lowest BCUT2D eigenvalue weighted by molar-refractivity contribution is 0.238. The summed E-state index contributed by atoms with van der Waals surface area (Å²) in [5.74, 6) is 1.77.